The largest absolute Gasteiger partial charge is 0.316 e. The van der Waals surface area contributed by atoms with E-state index in [2.05, 4.69) is 50.5 Å². The van der Waals surface area contributed by atoms with E-state index in [0.29, 0.717) is 10.8 Å². The third kappa shape index (κ3) is 3.05. The molecule has 1 N–H and O–H groups in total. The van der Waals surface area contributed by atoms with Crippen molar-refractivity contribution in [3.63, 3.8) is 0 Å². The lowest BCUT2D eigenvalue weighted by Gasteiger charge is -2.56. The lowest BCUT2D eigenvalue weighted by Crippen LogP contribution is -2.54. The van der Waals surface area contributed by atoms with Gasteiger partial charge in [0.1, 0.15) is 0 Å². The maximum absolute atomic E-state index is 3.71. The van der Waals surface area contributed by atoms with Crippen LogP contribution in [0.15, 0.2) is 17.5 Å². The smallest absolute Gasteiger partial charge is 0.0182 e. The first-order valence-corrected chi connectivity index (χ1v) is 8.68. The summed E-state index contributed by atoms with van der Waals surface area (Å²) >= 11 is 1.95. The summed E-state index contributed by atoms with van der Waals surface area (Å²) in [7, 11) is 0. The van der Waals surface area contributed by atoms with E-state index in [1.165, 1.54) is 25.7 Å². The first-order valence-electron chi connectivity index (χ1n) is 7.80. The van der Waals surface area contributed by atoms with Crippen LogP contribution in [-0.2, 0) is 5.41 Å². The van der Waals surface area contributed by atoms with Crippen LogP contribution in [0.5, 0.6) is 0 Å². The van der Waals surface area contributed by atoms with Gasteiger partial charge in [0.25, 0.3) is 0 Å². The number of hydrogen-bond acceptors (Lipinski definition) is 2. The van der Waals surface area contributed by atoms with Gasteiger partial charge in [0.15, 0.2) is 0 Å². The van der Waals surface area contributed by atoms with Crippen LogP contribution in [0.2, 0.25) is 0 Å². The Bertz CT molecular complexity index is 368. The van der Waals surface area contributed by atoms with E-state index in [-0.39, 0.29) is 0 Å². The van der Waals surface area contributed by atoms with Crippen LogP contribution in [0.1, 0.15) is 58.3 Å². The van der Waals surface area contributed by atoms with E-state index < -0.39 is 0 Å². The Hall–Kier alpha value is -0.340. The van der Waals surface area contributed by atoms with Gasteiger partial charge >= 0.3 is 0 Å². The molecule has 0 atom stereocenters. The van der Waals surface area contributed by atoms with Crippen LogP contribution in [-0.4, -0.2) is 13.1 Å². The summed E-state index contributed by atoms with van der Waals surface area (Å²) in [6.45, 7) is 11.6. The van der Waals surface area contributed by atoms with Gasteiger partial charge in [0, 0.05) is 16.8 Å². The van der Waals surface area contributed by atoms with Crippen LogP contribution in [0, 0.1) is 11.3 Å². The summed E-state index contributed by atoms with van der Waals surface area (Å²) < 4.78 is 0. The maximum atomic E-state index is 3.71. The molecular weight excluding hydrogens is 250 g/mol. The van der Waals surface area contributed by atoms with Crippen molar-refractivity contribution >= 4 is 11.3 Å². The molecule has 0 amide bonds. The molecule has 1 nitrogen and oxygen atoms in total. The number of nitrogens with one attached hydrogen (secondary N) is 1. The van der Waals surface area contributed by atoms with Crippen molar-refractivity contribution in [3.8, 4) is 0 Å². The van der Waals surface area contributed by atoms with Gasteiger partial charge in [0.2, 0.25) is 0 Å². The number of thiophene rings is 1. The summed E-state index contributed by atoms with van der Waals surface area (Å²) in [5, 5.41) is 5.94. The highest BCUT2D eigenvalue weighted by Crippen LogP contribution is 2.59. The first-order chi connectivity index (χ1) is 9.06. The Kier molecular flexibility index (Phi) is 4.73. The summed E-state index contributed by atoms with van der Waals surface area (Å²) in [4.78, 5) is 1.60. The normalized spacial score (nSPS) is 20.5. The van der Waals surface area contributed by atoms with Crippen molar-refractivity contribution < 1.29 is 0 Å². The second-order valence-electron chi connectivity index (χ2n) is 6.84. The quantitative estimate of drug-likeness (QED) is 0.753. The van der Waals surface area contributed by atoms with E-state index >= 15 is 0 Å². The van der Waals surface area contributed by atoms with E-state index in [4.69, 9.17) is 0 Å². The summed E-state index contributed by atoms with van der Waals surface area (Å²) in [6, 6.07) is 4.55. The maximum Gasteiger partial charge on any atom is 0.0182 e. The molecule has 1 heterocycles. The first kappa shape index (κ1) is 15.1. The monoisotopic (exact) mass is 279 g/mol. The number of hydrogen-bond donors (Lipinski definition) is 1. The van der Waals surface area contributed by atoms with Gasteiger partial charge in [-0.2, -0.15) is 0 Å². The van der Waals surface area contributed by atoms with Crippen LogP contribution in [0.3, 0.4) is 0 Å². The van der Waals surface area contributed by atoms with Gasteiger partial charge in [-0.15, -0.1) is 11.3 Å². The molecule has 1 aromatic heterocycles. The molecule has 0 aliphatic heterocycles. The highest BCUT2D eigenvalue weighted by atomic mass is 32.1. The SMILES string of the molecule is CCC1(CC)CC(CNCC(C)C)(c2cccs2)C1. The van der Waals surface area contributed by atoms with Crippen LogP contribution >= 0.6 is 11.3 Å². The minimum Gasteiger partial charge on any atom is -0.316 e. The van der Waals surface area contributed by atoms with E-state index in [0.717, 1.165) is 19.0 Å². The zero-order valence-electron chi connectivity index (χ0n) is 13.0. The Labute approximate surface area is 122 Å². The van der Waals surface area contributed by atoms with Crippen molar-refractivity contribution in [2.75, 3.05) is 13.1 Å². The molecule has 2 rings (SSSR count). The van der Waals surface area contributed by atoms with Gasteiger partial charge in [-0.3, -0.25) is 0 Å². The molecule has 0 aromatic carbocycles. The Morgan fingerprint density at radius 2 is 1.95 bits per heavy atom. The third-order valence-electron chi connectivity index (χ3n) is 4.99. The molecule has 0 saturated heterocycles. The van der Waals surface area contributed by atoms with E-state index in [9.17, 15) is 0 Å². The van der Waals surface area contributed by atoms with Crippen molar-refractivity contribution in [3.05, 3.63) is 22.4 Å². The lowest BCUT2D eigenvalue weighted by molar-refractivity contribution is 0.0149. The average Bonchev–Trinajstić information content (AvgIpc) is 2.86. The molecule has 1 saturated carbocycles. The van der Waals surface area contributed by atoms with Gasteiger partial charge < -0.3 is 5.32 Å². The zero-order valence-corrected chi connectivity index (χ0v) is 13.8. The van der Waals surface area contributed by atoms with Crippen molar-refractivity contribution in [1.29, 1.82) is 0 Å². The minimum absolute atomic E-state index is 0.426. The van der Waals surface area contributed by atoms with E-state index in [1.807, 2.05) is 11.3 Å². The zero-order chi connectivity index (χ0) is 13.9. The molecule has 1 aliphatic carbocycles. The lowest BCUT2D eigenvalue weighted by atomic mass is 9.50. The standard InChI is InChI=1S/C17H29NS/c1-5-16(6-2)11-17(12-16,13-18-10-14(3)4)15-8-7-9-19-15/h7-9,14,18H,5-6,10-13H2,1-4H3. The molecule has 19 heavy (non-hydrogen) atoms. The minimum atomic E-state index is 0.426. The molecule has 0 spiro atoms. The fourth-order valence-electron chi connectivity index (χ4n) is 3.70. The third-order valence-corrected chi connectivity index (χ3v) is 6.10. The number of rotatable bonds is 7. The molecule has 0 unspecified atom stereocenters. The molecule has 108 valence electrons. The summed E-state index contributed by atoms with van der Waals surface area (Å²) in [5.74, 6) is 0.738. The topological polar surface area (TPSA) is 12.0 Å². The van der Waals surface area contributed by atoms with Crippen LogP contribution in [0.25, 0.3) is 0 Å². The highest BCUT2D eigenvalue weighted by molar-refractivity contribution is 7.10. The molecular formula is C17H29NS. The van der Waals surface area contributed by atoms with E-state index in [1.54, 1.807) is 4.88 Å². The molecule has 0 bridgehead atoms. The van der Waals surface area contributed by atoms with Crippen LogP contribution in [0.4, 0.5) is 0 Å². The fourth-order valence-corrected chi connectivity index (χ4v) is 4.63. The Balaban J connectivity index is 2.05. The van der Waals surface area contributed by atoms with Gasteiger partial charge in [-0.05, 0) is 42.2 Å². The second kappa shape index (κ2) is 5.97. The van der Waals surface area contributed by atoms with Crippen molar-refractivity contribution in [2.24, 2.45) is 11.3 Å². The molecule has 1 fully saturated rings. The molecule has 1 aromatic rings. The van der Waals surface area contributed by atoms with Gasteiger partial charge in [-0.1, -0.05) is 46.6 Å². The van der Waals surface area contributed by atoms with Gasteiger partial charge in [-0.25, -0.2) is 0 Å². The summed E-state index contributed by atoms with van der Waals surface area (Å²) in [6.07, 6.45) is 5.42. The van der Waals surface area contributed by atoms with Crippen molar-refractivity contribution in [2.45, 2.75) is 58.8 Å². The Morgan fingerprint density at radius 1 is 1.26 bits per heavy atom. The summed E-state index contributed by atoms with van der Waals surface area (Å²) in [5.41, 5.74) is 1.04. The molecule has 2 heteroatoms. The van der Waals surface area contributed by atoms with Gasteiger partial charge in [0.05, 0.1) is 0 Å². The van der Waals surface area contributed by atoms with Crippen LogP contribution < -0.4 is 5.32 Å². The van der Waals surface area contributed by atoms with Crippen molar-refractivity contribution in [1.82, 2.24) is 5.32 Å². The average molecular weight is 279 g/mol. The molecule has 0 radical (unpaired) electrons. The Morgan fingerprint density at radius 3 is 2.42 bits per heavy atom. The predicted octanol–water partition coefficient (Wildman–Crippen LogP) is 4.83. The highest BCUT2D eigenvalue weighted by Gasteiger charge is 2.53. The predicted molar refractivity (Wildman–Crippen MR) is 86.0 cm³/mol. The fraction of sp³-hybridized carbons (Fsp3) is 0.765. The molecule has 1 aliphatic rings. The second-order valence-corrected chi connectivity index (χ2v) is 7.79.